The Morgan fingerprint density at radius 1 is 0.929 bits per heavy atom. The number of carbonyl (C=O) groups excluding carboxylic acids is 2. The van der Waals surface area contributed by atoms with E-state index >= 15 is 0 Å². The highest BCUT2D eigenvalue weighted by Gasteiger charge is 2.23. The lowest BCUT2D eigenvalue weighted by Gasteiger charge is -2.21. The van der Waals surface area contributed by atoms with Crippen LogP contribution in [0.15, 0.2) is 77.7 Å². The zero-order chi connectivity index (χ0) is 19.5. The van der Waals surface area contributed by atoms with Crippen molar-refractivity contribution in [1.82, 2.24) is 0 Å². The van der Waals surface area contributed by atoms with Crippen LogP contribution in [0.5, 0.6) is 0 Å². The fourth-order valence-corrected chi connectivity index (χ4v) is 3.85. The maximum absolute atomic E-state index is 12.7. The van der Waals surface area contributed by atoms with Crippen molar-refractivity contribution in [1.29, 1.82) is 0 Å². The van der Waals surface area contributed by atoms with Gasteiger partial charge in [-0.05, 0) is 55.5 Å². The first kappa shape index (κ1) is 18.1. The Bertz CT molecular complexity index is 1040. The van der Waals surface area contributed by atoms with Crippen molar-refractivity contribution in [2.45, 2.75) is 17.1 Å². The van der Waals surface area contributed by atoms with Gasteiger partial charge in [0.25, 0.3) is 5.91 Å². The molecule has 0 saturated heterocycles. The minimum atomic E-state index is -0.225. The van der Waals surface area contributed by atoms with Gasteiger partial charge in [0.1, 0.15) is 0 Å². The van der Waals surface area contributed by atoms with Crippen LogP contribution in [0.3, 0.4) is 0 Å². The third kappa shape index (κ3) is 4.02. The highest BCUT2D eigenvalue weighted by atomic mass is 32.2. The molecule has 3 aromatic rings. The molecule has 1 atom stereocenters. The monoisotopic (exact) mass is 389 g/mol. The molecule has 3 N–H and O–H groups in total. The Hall–Kier alpha value is -3.25. The van der Waals surface area contributed by atoms with Gasteiger partial charge in [-0.3, -0.25) is 9.59 Å². The number of fused-ring (bicyclic) bond motifs is 1. The summed E-state index contributed by atoms with van der Waals surface area (Å²) in [6, 6.07) is 22.7. The molecule has 0 aliphatic carbocycles. The molecule has 5 nitrogen and oxygen atoms in total. The lowest BCUT2D eigenvalue weighted by atomic mass is 10.1. The Kier molecular flexibility index (Phi) is 5.04. The van der Waals surface area contributed by atoms with Gasteiger partial charge >= 0.3 is 0 Å². The first-order valence-electron chi connectivity index (χ1n) is 8.93. The average molecular weight is 389 g/mol. The third-order valence-corrected chi connectivity index (χ3v) is 5.53. The van der Waals surface area contributed by atoms with E-state index in [1.165, 1.54) is 11.8 Å². The van der Waals surface area contributed by atoms with Crippen molar-refractivity contribution in [3.8, 4) is 0 Å². The van der Waals surface area contributed by atoms with Gasteiger partial charge in [0.15, 0.2) is 0 Å². The second-order valence-corrected chi connectivity index (χ2v) is 7.87. The maximum Gasteiger partial charge on any atom is 0.255 e. The quantitative estimate of drug-likeness (QED) is 0.580. The van der Waals surface area contributed by atoms with Crippen molar-refractivity contribution in [3.63, 3.8) is 0 Å². The first-order chi connectivity index (χ1) is 13.6. The predicted octanol–water partition coefficient (Wildman–Crippen LogP) is 5.12. The Labute approximate surface area is 167 Å². The number of rotatable bonds is 4. The van der Waals surface area contributed by atoms with E-state index in [-0.39, 0.29) is 17.1 Å². The van der Waals surface area contributed by atoms with E-state index < -0.39 is 0 Å². The summed E-state index contributed by atoms with van der Waals surface area (Å²) in [5.74, 6) is -0.271. The van der Waals surface area contributed by atoms with Crippen molar-refractivity contribution < 1.29 is 9.59 Å². The summed E-state index contributed by atoms with van der Waals surface area (Å²) >= 11 is 1.50. The number of para-hydroxylation sites is 1. The van der Waals surface area contributed by atoms with Crippen molar-refractivity contribution in [2.24, 2.45) is 0 Å². The molecule has 0 fully saturated rings. The molecular formula is C22H19N3O2S. The number of anilines is 4. The van der Waals surface area contributed by atoms with Crippen LogP contribution in [-0.2, 0) is 4.79 Å². The van der Waals surface area contributed by atoms with Crippen LogP contribution in [-0.4, -0.2) is 17.1 Å². The zero-order valence-electron chi connectivity index (χ0n) is 15.2. The van der Waals surface area contributed by atoms with Gasteiger partial charge in [0.2, 0.25) is 5.91 Å². The minimum absolute atomic E-state index is 0.0465. The molecule has 140 valence electrons. The molecule has 1 heterocycles. The molecule has 1 unspecified atom stereocenters. The first-order valence-corrected chi connectivity index (χ1v) is 9.81. The topological polar surface area (TPSA) is 70.2 Å². The molecule has 6 heteroatoms. The fourth-order valence-electron chi connectivity index (χ4n) is 2.92. The van der Waals surface area contributed by atoms with E-state index in [2.05, 4.69) is 16.0 Å². The third-order valence-electron chi connectivity index (χ3n) is 4.36. The molecule has 0 spiro atoms. The van der Waals surface area contributed by atoms with Crippen molar-refractivity contribution in [3.05, 3.63) is 78.4 Å². The minimum Gasteiger partial charge on any atom is -0.355 e. The molecule has 0 radical (unpaired) electrons. The average Bonchev–Trinajstić information content (AvgIpc) is 2.69. The van der Waals surface area contributed by atoms with Gasteiger partial charge in [-0.2, -0.15) is 0 Å². The standard InChI is InChI=1S/C22H19N3O2S/c1-14-21(26)25-19-12-15(10-11-20(19)28-14)22(27)24-18-9-5-8-17(13-18)23-16-6-3-2-4-7-16/h2-14,23H,1H3,(H,24,27)(H,25,26). The molecular weight excluding hydrogens is 370 g/mol. The van der Waals surface area contributed by atoms with Crippen molar-refractivity contribution in [2.75, 3.05) is 16.0 Å². The Morgan fingerprint density at radius 2 is 1.68 bits per heavy atom. The highest BCUT2D eigenvalue weighted by molar-refractivity contribution is 8.00. The molecule has 1 aliphatic rings. The van der Waals surface area contributed by atoms with Crippen LogP contribution in [0.25, 0.3) is 0 Å². The smallest absolute Gasteiger partial charge is 0.255 e. The summed E-state index contributed by atoms with van der Waals surface area (Å²) in [6.45, 7) is 1.86. The number of amides is 2. The van der Waals surface area contributed by atoms with Crippen LogP contribution >= 0.6 is 11.8 Å². The Morgan fingerprint density at radius 3 is 2.50 bits per heavy atom. The molecule has 0 bridgehead atoms. The normalized spacial score (nSPS) is 15.3. The van der Waals surface area contributed by atoms with Gasteiger partial charge < -0.3 is 16.0 Å². The summed E-state index contributed by atoms with van der Waals surface area (Å²) in [4.78, 5) is 25.5. The second-order valence-electron chi connectivity index (χ2n) is 6.49. The molecule has 1 aliphatic heterocycles. The summed E-state index contributed by atoms with van der Waals surface area (Å²) in [6.07, 6.45) is 0. The van der Waals surface area contributed by atoms with Crippen LogP contribution in [0.2, 0.25) is 0 Å². The van der Waals surface area contributed by atoms with Crippen LogP contribution in [0, 0.1) is 0 Å². The lowest BCUT2D eigenvalue weighted by molar-refractivity contribution is -0.115. The largest absolute Gasteiger partial charge is 0.355 e. The van der Waals surface area contributed by atoms with E-state index in [1.54, 1.807) is 12.1 Å². The van der Waals surface area contributed by atoms with Gasteiger partial charge in [-0.15, -0.1) is 11.8 Å². The summed E-state index contributed by atoms with van der Waals surface area (Å²) in [7, 11) is 0. The van der Waals surface area contributed by atoms with Gasteiger partial charge in [-0.1, -0.05) is 24.3 Å². The number of thioether (sulfide) groups is 1. The second kappa shape index (κ2) is 7.78. The highest BCUT2D eigenvalue weighted by Crippen LogP contribution is 2.36. The van der Waals surface area contributed by atoms with Crippen molar-refractivity contribution >= 4 is 46.3 Å². The van der Waals surface area contributed by atoms with Gasteiger partial charge in [0.05, 0.1) is 10.9 Å². The molecule has 0 aromatic heterocycles. The number of nitrogens with one attached hydrogen (secondary N) is 3. The molecule has 0 saturated carbocycles. The SMILES string of the molecule is CC1Sc2ccc(C(=O)Nc3cccc(Nc4ccccc4)c3)cc2NC1=O. The van der Waals surface area contributed by atoms with E-state index in [9.17, 15) is 9.59 Å². The van der Waals surface area contributed by atoms with Crippen LogP contribution in [0.4, 0.5) is 22.7 Å². The summed E-state index contributed by atoms with van der Waals surface area (Å²) in [5.41, 5.74) is 3.72. The molecule has 28 heavy (non-hydrogen) atoms. The number of hydrogen-bond acceptors (Lipinski definition) is 4. The van der Waals surface area contributed by atoms with Gasteiger partial charge in [0, 0.05) is 27.5 Å². The molecule has 2 amide bonds. The fraction of sp³-hybridized carbons (Fsp3) is 0.0909. The van der Waals surface area contributed by atoms with E-state index in [0.717, 1.165) is 16.3 Å². The van der Waals surface area contributed by atoms with E-state index in [0.29, 0.717) is 16.9 Å². The van der Waals surface area contributed by atoms with E-state index in [4.69, 9.17) is 0 Å². The zero-order valence-corrected chi connectivity index (χ0v) is 16.0. The van der Waals surface area contributed by atoms with Gasteiger partial charge in [-0.25, -0.2) is 0 Å². The van der Waals surface area contributed by atoms with Crippen LogP contribution in [0.1, 0.15) is 17.3 Å². The molecule has 4 rings (SSSR count). The predicted molar refractivity (Wildman–Crippen MR) is 115 cm³/mol. The molecule has 3 aromatic carbocycles. The lowest BCUT2D eigenvalue weighted by Crippen LogP contribution is -2.26. The number of hydrogen-bond donors (Lipinski definition) is 3. The number of carbonyl (C=O) groups is 2. The Balaban J connectivity index is 1.49. The number of benzene rings is 3. The van der Waals surface area contributed by atoms with E-state index in [1.807, 2.05) is 67.6 Å². The summed E-state index contributed by atoms with van der Waals surface area (Å²) < 4.78 is 0. The maximum atomic E-state index is 12.7. The van der Waals surface area contributed by atoms with Crippen LogP contribution < -0.4 is 16.0 Å². The summed E-state index contributed by atoms with van der Waals surface area (Å²) in [5, 5.41) is 8.94.